The molecule has 1 aromatic rings. The van der Waals surface area contributed by atoms with Crippen molar-refractivity contribution in [3.63, 3.8) is 0 Å². The van der Waals surface area contributed by atoms with Gasteiger partial charge in [-0.1, -0.05) is 0 Å². The number of methoxy groups -OCH3 is 1. The molecule has 0 spiro atoms. The minimum Gasteiger partial charge on any atom is -0.469 e. The third kappa shape index (κ3) is 4.48. The van der Waals surface area contributed by atoms with E-state index in [1.165, 1.54) is 0 Å². The molecule has 0 atom stereocenters. The number of aromatic nitrogens is 1. The Balaban J connectivity index is 3.25. The number of hydrogen-bond donors (Lipinski definition) is 0. The van der Waals surface area contributed by atoms with Crippen molar-refractivity contribution in [1.29, 1.82) is 0 Å². The van der Waals surface area contributed by atoms with Gasteiger partial charge in [-0.2, -0.15) is 0 Å². The third-order valence-corrected chi connectivity index (χ3v) is 3.04. The number of halogens is 5. The van der Waals surface area contributed by atoms with Crippen LogP contribution in [0.25, 0.3) is 0 Å². The van der Waals surface area contributed by atoms with Gasteiger partial charge in [0.15, 0.2) is 5.75 Å². The molecular weight excluding hydrogens is 385 g/mol. The van der Waals surface area contributed by atoms with E-state index < -0.39 is 31.2 Å². The van der Waals surface area contributed by atoms with Crippen LogP contribution in [0.4, 0.5) is 17.6 Å². The summed E-state index contributed by atoms with van der Waals surface area (Å²) in [6.45, 7) is -1.06. The van der Waals surface area contributed by atoms with Crippen LogP contribution in [0.1, 0.15) is 11.1 Å². The van der Waals surface area contributed by atoms with Crippen LogP contribution in [0, 0.1) is 3.70 Å². The number of carbonyl (C=O) groups excluding carboxylic acids is 1. The molecule has 1 aromatic heterocycles. The lowest BCUT2D eigenvalue weighted by molar-refractivity contribution is -0.275. The molecule has 106 valence electrons. The average Bonchev–Trinajstić information content (AvgIpc) is 2.31. The van der Waals surface area contributed by atoms with Crippen molar-refractivity contribution in [2.75, 3.05) is 7.11 Å². The fourth-order valence-electron chi connectivity index (χ4n) is 1.30. The number of hydrogen-bond acceptors (Lipinski definition) is 4. The zero-order valence-electron chi connectivity index (χ0n) is 9.55. The van der Waals surface area contributed by atoms with Crippen LogP contribution in [-0.2, 0) is 22.6 Å². The number of esters is 1. The highest BCUT2D eigenvalue weighted by molar-refractivity contribution is 14.1. The molecule has 0 N–H and O–H groups in total. The molecular formula is C10H8F4INO3. The first-order valence-electron chi connectivity index (χ1n) is 4.83. The molecule has 9 heteroatoms. The van der Waals surface area contributed by atoms with Crippen molar-refractivity contribution in [1.82, 2.24) is 4.98 Å². The molecule has 0 saturated heterocycles. The molecule has 0 fully saturated rings. The highest BCUT2D eigenvalue weighted by Crippen LogP contribution is 2.31. The SMILES string of the molecule is COC(=O)Cc1c(OC(F)(F)F)cnc(I)c1CF. The zero-order chi connectivity index (χ0) is 14.6. The van der Waals surface area contributed by atoms with E-state index in [0.717, 1.165) is 13.3 Å². The lowest BCUT2D eigenvalue weighted by Gasteiger charge is -2.15. The monoisotopic (exact) mass is 393 g/mol. The second-order valence-corrected chi connectivity index (χ2v) is 4.33. The molecule has 0 aliphatic heterocycles. The second-order valence-electron chi connectivity index (χ2n) is 3.30. The standard InChI is InChI=1S/C10H8F4INO3/c1-18-8(17)2-5-6(3-11)9(15)16-4-7(5)19-10(12,13)14/h4H,2-3H2,1H3. The van der Waals surface area contributed by atoms with E-state index in [9.17, 15) is 22.4 Å². The van der Waals surface area contributed by atoms with E-state index in [2.05, 4.69) is 14.5 Å². The maximum atomic E-state index is 12.9. The Labute approximate surface area is 119 Å². The molecule has 4 nitrogen and oxygen atoms in total. The molecule has 0 unspecified atom stereocenters. The molecule has 19 heavy (non-hydrogen) atoms. The number of carbonyl (C=O) groups is 1. The molecule has 0 aliphatic rings. The Bertz CT molecular complexity index is 479. The van der Waals surface area contributed by atoms with Crippen LogP contribution in [0.2, 0.25) is 0 Å². The van der Waals surface area contributed by atoms with Gasteiger partial charge < -0.3 is 9.47 Å². The normalized spacial score (nSPS) is 11.3. The van der Waals surface area contributed by atoms with Crippen LogP contribution in [0.5, 0.6) is 5.75 Å². The first-order valence-corrected chi connectivity index (χ1v) is 5.91. The van der Waals surface area contributed by atoms with Crippen molar-refractivity contribution in [2.45, 2.75) is 19.5 Å². The number of alkyl halides is 4. The summed E-state index contributed by atoms with van der Waals surface area (Å²) in [4.78, 5) is 14.8. The summed E-state index contributed by atoms with van der Waals surface area (Å²) < 4.78 is 57.8. The lowest BCUT2D eigenvalue weighted by atomic mass is 10.1. The van der Waals surface area contributed by atoms with Crippen LogP contribution in [-0.4, -0.2) is 24.4 Å². The number of pyridine rings is 1. The van der Waals surface area contributed by atoms with Gasteiger partial charge >= 0.3 is 12.3 Å². The molecule has 1 heterocycles. The summed E-state index contributed by atoms with van der Waals surface area (Å²) in [7, 11) is 1.08. The van der Waals surface area contributed by atoms with Crippen molar-refractivity contribution in [2.24, 2.45) is 0 Å². The molecule has 0 radical (unpaired) electrons. The fraction of sp³-hybridized carbons (Fsp3) is 0.400. The van der Waals surface area contributed by atoms with Gasteiger partial charge in [-0.3, -0.25) is 4.79 Å². The van der Waals surface area contributed by atoms with Gasteiger partial charge in [-0.25, -0.2) is 9.37 Å². The summed E-state index contributed by atoms with van der Waals surface area (Å²) in [5.74, 6) is -1.50. The van der Waals surface area contributed by atoms with Gasteiger partial charge in [0.05, 0.1) is 19.7 Å². The van der Waals surface area contributed by atoms with E-state index in [1.54, 1.807) is 22.6 Å². The first-order chi connectivity index (χ1) is 8.78. The van der Waals surface area contributed by atoms with Gasteiger partial charge in [0.2, 0.25) is 0 Å². The fourth-order valence-corrected chi connectivity index (χ4v) is 1.91. The highest BCUT2D eigenvalue weighted by Gasteiger charge is 2.33. The quantitative estimate of drug-likeness (QED) is 0.342. The summed E-state index contributed by atoms with van der Waals surface area (Å²) >= 11 is 1.66. The van der Waals surface area contributed by atoms with Gasteiger partial charge in [0.25, 0.3) is 0 Å². The van der Waals surface area contributed by atoms with E-state index >= 15 is 0 Å². The Morgan fingerprint density at radius 2 is 2.05 bits per heavy atom. The Kier molecular flexibility index (Phi) is 5.32. The molecule has 0 bridgehead atoms. The largest absolute Gasteiger partial charge is 0.573 e. The predicted octanol–water partition coefficient (Wildman–Crippen LogP) is 2.77. The van der Waals surface area contributed by atoms with E-state index in [1.807, 2.05) is 0 Å². The van der Waals surface area contributed by atoms with E-state index in [0.29, 0.717) is 0 Å². The van der Waals surface area contributed by atoms with E-state index in [4.69, 9.17) is 0 Å². The second kappa shape index (κ2) is 6.35. The molecule has 0 aromatic carbocycles. The Hall–Kier alpha value is -1.13. The van der Waals surface area contributed by atoms with Crippen molar-refractivity contribution >= 4 is 28.6 Å². The Morgan fingerprint density at radius 3 is 2.53 bits per heavy atom. The highest BCUT2D eigenvalue weighted by atomic mass is 127. The number of ether oxygens (including phenoxy) is 2. The van der Waals surface area contributed by atoms with E-state index in [-0.39, 0.29) is 14.8 Å². The smallest absolute Gasteiger partial charge is 0.469 e. The van der Waals surface area contributed by atoms with Crippen LogP contribution < -0.4 is 4.74 Å². The zero-order valence-corrected chi connectivity index (χ0v) is 11.7. The maximum Gasteiger partial charge on any atom is 0.573 e. The van der Waals surface area contributed by atoms with Crippen LogP contribution >= 0.6 is 22.6 Å². The summed E-state index contributed by atoms with van der Waals surface area (Å²) in [6.07, 6.45) is -4.68. The van der Waals surface area contributed by atoms with Crippen molar-refractivity contribution in [3.05, 3.63) is 21.0 Å². The number of rotatable bonds is 4. The third-order valence-electron chi connectivity index (χ3n) is 2.11. The van der Waals surface area contributed by atoms with Crippen LogP contribution in [0.3, 0.4) is 0 Å². The predicted molar refractivity (Wildman–Crippen MR) is 64.2 cm³/mol. The average molecular weight is 393 g/mol. The number of nitrogens with zero attached hydrogens (tertiary/aromatic N) is 1. The first kappa shape index (κ1) is 15.9. The molecule has 0 saturated carbocycles. The molecule has 0 amide bonds. The summed E-state index contributed by atoms with van der Waals surface area (Å²) in [6, 6.07) is 0. The van der Waals surface area contributed by atoms with Crippen molar-refractivity contribution in [3.8, 4) is 5.75 Å². The van der Waals surface area contributed by atoms with Gasteiger partial charge in [0, 0.05) is 11.1 Å². The van der Waals surface area contributed by atoms with Crippen molar-refractivity contribution < 1.29 is 31.8 Å². The molecule has 0 aliphatic carbocycles. The van der Waals surface area contributed by atoms with Gasteiger partial charge in [-0.05, 0) is 22.6 Å². The Morgan fingerprint density at radius 1 is 1.42 bits per heavy atom. The maximum absolute atomic E-state index is 12.9. The molecule has 1 rings (SSSR count). The summed E-state index contributed by atoms with van der Waals surface area (Å²) in [5, 5.41) is 0. The van der Waals surface area contributed by atoms with Crippen LogP contribution in [0.15, 0.2) is 6.20 Å². The lowest BCUT2D eigenvalue weighted by Crippen LogP contribution is -2.20. The topological polar surface area (TPSA) is 48.4 Å². The summed E-state index contributed by atoms with van der Waals surface area (Å²) in [5.41, 5.74) is -0.334. The van der Waals surface area contributed by atoms with Gasteiger partial charge in [0.1, 0.15) is 10.4 Å². The minimum atomic E-state index is -4.95. The van der Waals surface area contributed by atoms with Gasteiger partial charge in [-0.15, -0.1) is 13.2 Å². The minimum absolute atomic E-state index is 0.118.